The molecule has 20 heavy (non-hydrogen) atoms. The first-order valence-corrected chi connectivity index (χ1v) is 7.37. The van der Waals surface area contributed by atoms with E-state index >= 15 is 0 Å². The Morgan fingerprint density at radius 3 is 2.45 bits per heavy atom. The molecule has 1 N–H and O–H groups in total. The normalized spacial score (nSPS) is 18.4. The van der Waals surface area contributed by atoms with Gasteiger partial charge in [0.05, 0.1) is 12.6 Å². The Balaban J connectivity index is 0.000000428. The van der Waals surface area contributed by atoms with Gasteiger partial charge < -0.3 is 14.8 Å². The van der Waals surface area contributed by atoms with E-state index in [2.05, 4.69) is 12.2 Å². The Labute approximate surface area is 123 Å². The molecule has 0 radical (unpaired) electrons. The highest BCUT2D eigenvalue weighted by atomic mass is 16.6. The topological polar surface area (TPSA) is 58.6 Å². The van der Waals surface area contributed by atoms with Gasteiger partial charge in [-0.2, -0.15) is 0 Å². The summed E-state index contributed by atoms with van der Waals surface area (Å²) in [6.07, 6.45) is 4.22. The third-order valence-electron chi connectivity index (χ3n) is 2.69. The molecule has 0 aromatic carbocycles. The quantitative estimate of drug-likeness (QED) is 0.614. The van der Waals surface area contributed by atoms with E-state index in [1.165, 1.54) is 0 Å². The molecule has 1 aliphatic heterocycles. The van der Waals surface area contributed by atoms with Crippen molar-refractivity contribution in [3.8, 4) is 0 Å². The Hall–Kier alpha value is -0.940. The molecule has 1 atom stereocenters. The van der Waals surface area contributed by atoms with Crippen LogP contribution in [0.1, 0.15) is 47.0 Å². The summed E-state index contributed by atoms with van der Waals surface area (Å²) in [6, 6.07) is 0.167. The number of nitrogens with one attached hydrogen (secondary N) is 1. The lowest BCUT2D eigenvalue weighted by Gasteiger charge is -2.22. The first-order chi connectivity index (χ1) is 9.28. The SMILES string of the molecule is CCCN(C)CC(=O)OC(C)(C)C.O=C[C@@H]1CCCN1. The second-order valence-corrected chi connectivity index (χ2v) is 6.16. The number of aldehydes is 1. The minimum atomic E-state index is -0.371. The lowest BCUT2D eigenvalue weighted by atomic mass is 10.2. The summed E-state index contributed by atoms with van der Waals surface area (Å²) in [6.45, 7) is 10.1. The molecule has 1 aliphatic rings. The van der Waals surface area contributed by atoms with E-state index < -0.39 is 0 Å². The van der Waals surface area contributed by atoms with Crippen molar-refractivity contribution in [1.29, 1.82) is 0 Å². The van der Waals surface area contributed by atoms with Gasteiger partial charge in [-0.1, -0.05) is 6.92 Å². The molecular weight excluding hydrogens is 256 g/mol. The van der Waals surface area contributed by atoms with Crippen LogP contribution in [0.2, 0.25) is 0 Å². The Morgan fingerprint density at radius 2 is 2.10 bits per heavy atom. The van der Waals surface area contributed by atoms with Gasteiger partial charge in [-0.05, 0) is 60.2 Å². The summed E-state index contributed by atoms with van der Waals surface area (Å²) >= 11 is 0. The van der Waals surface area contributed by atoms with Crippen LogP contribution in [-0.2, 0) is 14.3 Å². The third-order valence-corrected chi connectivity index (χ3v) is 2.69. The van der Waals surface area contributed by atoms with Crippen LogP contribution in [0.15, 0.2) is 0 Å². The molecule has 1 heterocycles. The second-order valence-electron chi connectivity index (χ2n) is 6.16. The summed E-state index contributed by atoms with van der Waals surface area (Å²) in [5.74, 6) is -0.150. The van der Waals surface area contributed by atoms with Gasteiger partial charge in [-0.3, -0.25) is 9.69 Å². The minimum Gasteiger partial charge on any atom is -0.459 e. The molecule has 0 spiro atoms. The zero-order valence-electron chi connectivity index (χ0n) is 13.6. The van der Waals surface area contributed by atoms with Crippen molar-refractivity contribution in [2.24, 2.45) is 0 Å². The number of esters is 1. The predicted molar refractivity (Wildman–Crippen MR) is 80.7 cm³/mol. The maximum atomic E-state index is 11.3. The van der Waals surface area contributed by atoms with Crippen LogP contribution in [0.25, 0.3) is 0 Å². The highest BCUT2D eigenvalue weighted by molar-refractivity contribution is 5.72. The molecule has 5 heteroatoms. The van der Waals surface area contributed by atoms with Gasteiger partial charge in [-0.15, -0.1) is 0 Å². The van der Waals surface area contributed by atoms with Crippen LogP contribution in [0.4, 0.5) is 0 Å². The number of carbonyl (C=O) groups excluding carboxylic acids is 2. The van der Waals surface area contributed by atoms with Gasteiger partial charge >= 0.3 is 5.97 Å². The van der Waals surface area contributed by atoms with E-state index in [0.717, 1.165) is 38.6 Å². The number of likely N-dealkylation sites (N-methyl/N-ethyl adjacent to an activating group) is 1. The van der Waals surface area contributed by atoms with Crippen LogP contribution in [0.3, 0.4) is 0 Å². The van der Waals surface area contributed by atoms with Gasteiger partial charge in [-0.25, -0.2) is 0 Å². The molecule has 0 unspecified atom stereocenters. The average Bonchev–Trinajstić information content (AvgIpc) is 2.79. The molecule has 1 saturated heterocycles. The highest BCUT2D eigenvalue weighted by Gasteiger charge is 2.16. The molecule has 1 fully saturated rings. The van der Waals surface area contributed by atoms with E-state index in [1.807, 2.05) is 32.7 Å². The zero-order valence-corrected chi connectivity index (χ0v) is 13.6. The maximum absolute atomic E-state index is 11.3. The summed E-state index contributed by atoms with van der Waals surface area (Å²) < 4.78 is 5.17. The number of nitrogens with zero attached hydrogens (tertiary/aromatic N) is 1. The molecule has 0 aromatic heterocycles. The number of ether oxygens (including phenoxy) is 1. The van der Waals surface area contributed by atoms with Gasteiger partial charge in [0.15, 0.2) is 0 Å². The number of hydrogen-bond acceptors (Lipinski definition) is 5. The fraction of sp³-hybridized carbons (Fsp3) is 0.867. The smallest absolute Gasteiger partial charge is 0.320 e. The van der Waals surface area contributed by atoms with Gasteiger partial charge in [0.2, 0.25) is 0 Å². The summed E-state index contributed by atoms with van der Waals surface area (Å²) in [7, 11) is 1.92. The summed E-state index contributed by atoms with van der Waals surface area (Å²) in [5.41, 5.74) is -0.371. The van der Waals surface area contributed by atoms with Crippen LogP contribution in [-0.4, -0.2) is 55.5 Å². The van der Waals surface area contributed by atoms with E-state index in [1.54, 1.807) is 0 Å². The molecular formula is C15H30N2O3. The number of rotatable bonds is 5. The number of carbonyl (C=O) groups is 2. The van der Waals surface area contributed by atoms with Crippen LogP contribution in [0, 0.1) is 0 Å². The largest absolute Gasteiger partial charge is 0.459 e. The van der Waals surface area contributed by atoms with Crippen molar-refractivity contribution in [3.63, 3.8) is 0 Å². The lowest BCUT2D eigenvalue weighted by Crippen LogP contribution is -2.33. The molecule has 0 saturated carbocycles. The fourth-order valence-corrected chi connectivity index (χ4v) is 1.88. The van der Waals surface area contributed by atoms with Gasteiger partial charge in [0.25, 0.3) is 0 Å². The Kier molecular flexibility index (Phi) is 9.42. The van der Waals surface area contributed by atoms with Crippen LogP contribution in [0.5, 0.6) is 0 Å². The molecule has 5 nitrogen and oxygen atoms in total. The standard InChI is InChI=1S/C10H21NO2.C5H9NO/c1-6-7-11(5)8-9(12)13-10(2,3)4;7-4-5-2-1-3-6-5/h6-8H2,1-5H3;4-6H,1-3H2/t;5-/m.0/s1. The van der Waals surface area contributed by atoms with Crippen molar-refractivity contribution in [2.45, 2.75) is 58.6 Å². The van der Waals surface area contributed by atoms with E-state index in [9.17, 15) is 9.59 Å². The third kappa shape index (κ3) is 10.9. The average molecular weight is 286 g/mol. The Morgan fingerprint density at radius 1 is 1.45 bits per heavy atom. The molecule has 0 aliphatic carbocycles. The van der Waals surface area contributed by atoms with Gasteiger partial charge in [0, 0.05) is 0 Å². The molecule has 1 rings (SSSR count). The van der Waals surface area contributed by atoms with Gasteiger partial charge in [0.1, 0.15) is 11.9 Å². The highest BCUT2D eigenvalue weighted by Crippen LogP contribution is 2.07. The summed E-state index contributed by atoms with van der Waals surface area (Å²) in [4.78, 5) is 23.2. The van der Waals surface area contributed by atoms with Crippen molar-refractivity contribution in [1.82, 2.24) is 10.2 Å². The zero-order chi connectivity index (χ0) is 15.6. The fourth-order valence-electron chi connectivity index (χ4n) is 1.88. The molecule has 0 aromatic rings. The molecule has 0 bridgehead atoms. The maximum Gasteiger partial charge on any atom is 0.320 e. The second kappa shape index (κ2) is 9.88. The first kappa shape index (κ1) is 19.1. The first-order valence-electron chi connectivity index (χ1n) is 7.37. The summed E-state index contributed by atoms with van der Waals surface area (Å²) in [5, 5.41) is 3.04. The molecule has 118 valence electrons. The lowest BCUT2D eigenvalue weighted by molar-refractivity contribution is -0.155. The minimum absolute atomic E-state index is 0.150. The van der Waals surface area contributed by atoms with Crippen molar-refractivity contribution < 1.29 is 14.3 Å². The Bertz CT molecular complexity index is 281. The van der Waals surface area contributed by atoms with Crippen LogP contribution < -0.4 is 5.32 Å². The predicted octanol–water partition coefficient (Wildman–Crippen LogP) is 1.61. The number of hydrogen-bond donors (Lipinski definition) is 1. The van der Waals surface area contributed by atoms with E-state index in [0.29, 0.717) is 6.54 Å². The van der Waals surface area contributed by atoms with E-state index in [-0.39, 0.29) is 17.6 Å². The van der Waals surface area contributed by atoms with Crippen molar-refractivity contribution >= 4 is 12.3 Å². The molecule has 0 amide bonds. The monoisotopic (exact) mass is 286 g/mol. The van der Waals surface area contributed by atoms with E-state index in [4.69, 9.17) is 4.74 Å². The van der Waals surface area contributed by atoms with Crippen molar-refractivity contribution in [3.05, 3.63) is 0 Å². The van der Waals surface area contributed by atoms with Crippen LogP contribution >= 0.6 is 0 Å². The van der Waals surface area contributed by atoms with Crippen molar-refractivity contribution in [2.75, 3.05) is 26.7 Å².